The van der Waals surface area contributed by atoms with Crippen LogP contribution in [-0.4, -0.2) is 35.5 Å². The van der Waals surface area contributed by atoms with Crippen molar-refractivity contribution in [2.75, 3.05) is 25.0 Å². The third-order valence-electron chi connectivity index (χ3n) is 4.30. The van der Waals surface area contributed by atoms with Crippen molar-refractivity contribution in [2.24, 2.45) is 0 Å². The predicted octanol–water partition coefficient (Wildman–Crippen LogP) is 3.58. The number of benzene rings is 1. The predicted molar refractivity (Wildman–Crippen MR) is 85.8 cm³/mol. The summed E-state index contributed by atoms with van der Waals surface area (Å²) in [6.07, 6.45) is 4.93. The fourth-order valence-corrected chi connectivity index (χ4v) is 3.04. The zero-order valence-electron chi connectivity index (χ0n) is 13.0. The van der Waals surface area contributed by atoms with E-state index in [9.17, 15) is 10.1 Å². The molecule has 1 fully saturated rings. The summed E-state index contributed by atoms with van der Waals surface area (Å²) in [5.41, 5.74) is 1.53. The van der Waals surface area contributed by atoms with Crippen molar-refractivity contribution in [3.63, 3.8) is 0 Å². The van der Waals surface area contributed by atoms with Gasteiger partial charge in [0.2, 0.25) is 0 Å². The number of rotatable bonds is 6. The molecule has 1 heterocycles. The van der Waals surface area contributed by atoms with Crippen LogP contribution in [0.4, 0.5) is 11.4 Å². The molecule has 21 heavy (non-hydrogen) atoms. The van der Waals surface area contributed by atoms with Gasteiger partial charge in [0.1, 0.15) is 5.69 Å². The van der Waals surface area contributed by atoms with E-state index in [0.29, 0.717) is 17.3 Å². The molecule has 0 aromatic heterocycles. The molecule has 1 saturated heterocycles. The third-order valence-corrected chi connectivity index (χ3v) is 4.30. The van der Waals surface area contributed by atoms with Gasteiger partial charge in [-0.3, -0.25) is 10.1 Å². The van der Waals surface area contributed by atoms with Crippen molar-refractivity contribution in [3.05, 3.63) is 33.9 Å². The van der Waals surface area contributed by atoms with E-state index in [1.165, 1.54) is 25.8 Å². The second-order valence-corrected chi connectivity index (χ2v) is 5.89. The highest BCUT2D eigenvalue weighted by atomic mass is 16.6. The largest absolute Gasteiger partial charge is 0.379 e. The fourth-order valence-electron chi connectivity index (χ4n) is 3.04. The minimum Gasteiger partial charge on any atom is -0.379 e. The standard InChI is InChI=1S/C16H25N3O2/c1-13-7-5-9-15(16(13)19(20)21)17-10-6-12-18-11-4-3-8-14(18)2/h5,7,9,14,17H,3-4,6,8,10-12H2,1-2H3. The number of nitrogens with zero attached hydrogens (tertiary/aromatic N) is 2. The number of para-hydroxylation sites is 1. The van der Waals surface area contributed by atoms with Crippen LogP contribution in [0.15, 0.2) is 18.2 Å². The topological polar surface area (TPSA) is 58.4 Å². The first-order valence-electron chi connectivity index (χ1n) is 7.81. The van der Waals surface area contributed by atoms with Gasteiger partial charge >= 0.3 is 0 Å². The SMILES string of the molecule is Cc1cccc(NCCCN2CCCCC2C)c1[N+](=O)[O-]. The van der Waals surface area contributed by atoms with Gasteiger partial charge in [0, 0.05) is 24.7 Å². The van der Waals surface area contributed by atoms with Crippen LogP contribution in [0.2, 0.25) is 0 Å². The third kappa shape index (κ3) is 4.17. The molecule has 5 heteroatoms. The summed E-state index contributed by atoms with van der Waals surface area (Å²) in [5, 5.41) is 14.3. The van der Waals surface area contributed by atoms with Crippen molar-refractivity contribution in [1.29, 1.82) is 0 Å². The Morgan fingerprint density at radius 3 is 2.95 bits per heavy atom. The van der Waals surface area contributed by atoms with Gasteiger partial charge in [-0.2, -0.15) is 0 Å². The van der Waals surface area contributed by atoms with E-state index in [4.69, 9.17) is 0 Å². The molecule has 2 rings (SSSR count). The van der Waals surface area contributed by atoms with Gasteiger partial charge in [0.05, 0.1) is 4.92 Å². The Bertz CT molecular complexity index is 490. The van der Waals surface area contributed by atoms with E-state index in [2.05, 4.69) is 17.1 Å². The van der Waals surface area contributed by atoms with Crippen LogP contribution in [0.25, 0.3) is 0 Å². The average molecular weight is 291 g/mol. The molecule has 5 nitrogen and oxygen atoms in total. The molecule has 1 unspecified atom stereocenters. The summed E-state index contributed by atoms with van der Waals surface area (Å²) in [7, 11) is 0. The second kappa shape index (κ2) is 7.41. The summed E-state index contributed by atoms with van der Waals surface area (Å²) in [6.45, 7) is 7.09. The van der Waals surface area contributed by atoms with E-state index < -0.39 is 0 Å². The Hall–Kier alpha value is -1.62. The van der Waals surface area contributed by atoms with Crippen LogP contribution >= 0.6 is 0 Å². The maximum atomic E-state index is 11.1. The normalized spacial score (nSPS) is 19.4. The summed E-state index contributed by atoms with van der Waals surface area (Å²) in [4.78, 5) is 13.3. The van der Waals surface area contributed by atoms with Crippen molar-refractivity contribution in [2.45, 2.75) is 45.6 Å². The molecule has 1 aromatic carbocycles. The molecule has 0 spiro atoms. The van der Waals surface area contributed by atoms with Gasteiger partial charge in [-0.25, -0.2) is 0 Å². The van der Waals surface area contributed by atoms with E-state index in [-0.39, 0.29) is 10.6 Å². The van der Waals surface area contributed by atoms with Crippen LogP contribution in [0.1, 0.15) is 38.2 Å². The molecule has 1 aliphatic rings. The molecule has 1 N–H and O–H groups in total. The molecular weight excluding hydrogens is 266 g/mol. The van der Waals surface area contributed by atoms with Gasteiger partial charge in [-0.1, -0.05) is 18.6 Å². The summed E-state index contributed by atoms with van der Waals surface area (Å²) >= 11 is 0. The molecular formula is C16H25N3O2. The molecule has 0 radical (unpaired) electrons. The molecule has 116 valence electrons. The Morgan fingerprint density at radius 2 is 2.24 bits per heavy atom. The molecule has 0 bridgehead atoms. The molecule has 0 aliphatic carbocycles. The van der Waals surface area contributed by atoms with Gasteiger partial charge in [-0.05, 0) is 45.7 Å². The Kier molecular flexibility index (Phi) is 5.56. The van der Waals surface area contributed by atoms with E-state index in [1.54, 1.807) is 19.1 Å². The highest BCUT2D eigenvalue weighted by Crippen LogP contribution is 2.27. The minimum absolute atomic E-state index is 0.198. The van der Waals surface area contributed by atoms with E-state index >= 15 is 0 Å². The maximum absolute atomic E-state index is 11.1. The van der Waals surface area contributed by atoms with Crippen LogP contribution in [-0.2, 0) is 0 Å². The van der Waals surface area contributed by atoms with Gasteiger partial charge in [0.15, 0.2) is 0 Å². The fraction of sp³-hybridized carbons (Fsp3) is 0.625. The number of nitro benzene ring substituents is 1. The summed E-state index contributed by atoms with van der Waals surface area (Å²) in [5.74, 6) is 0. The number of hydrogen-bond donors (Lipinski definition) is 1. The van der Waals surface area contributed by atoms with Crippen molar-refractivity contribution >= 4 is 11.4 Å². The summed E-state index contributed by atoms with van der Waals surface area (Å²) < 4.78 is 0. The Balaban J connectivity index is 1.84. The van der Waals surface area contributed by atoms with E-state index in [0.717, 1.165) is 19.5 Å². The highest BCUT2D eigenvalue weighted by Gasteiger charge is 2.18. The molecule has 0 amide bonds. The lowest BCUT2D eigenvalue weighted by Crippen LogP contribution is -2.38. The lowest BCUT2D eigenvalue weighted by molar-refractivity contribution is -0.384. The average Bonchev–Trinajstić information content (AvgIpc) is 2.45. The second-order valence-electron chi connectivity index (χ2n) is 5.89. The number of anilines is 1. The van der Waals surface area contributed by atoms with Crippen molar-refractivity contribution in [1.82, 2.24) is 4.90 Å². The zero-order chi connectivity index (χ0) is 15.2. The number of nitrogens with one attached hydrogen (secondary N) is 1. The Morgan fingerprint density at radius 1 is 1.43 bits per heavy atom. The molecule has 1 atom stereocenters. The first kappa shape index (κ1) is 15.8. The summed E-state index contributed by atoms with van der Waals surface area (Å²) in [6, 6.07) is 6.09. The quantitative estimate of drug-likeness (QED) is 0.494. The van der Waals surface area contributed by atoms with Crippen LogP contribution in [0.5, 0.6) is 0 Å². The highest BCUT2D eigenvalue weighted by molar-refractivity contribution is 5.64. The van der Waals surface area contributed by atoms with E-state index in [1.807, 2.05) is 6.07 Å². The van der Waals surface area contributed by atoms with Crippen LogP contribution < -0.4 is 5.32 Å². The monoisotopic (exact) mass is 291 g/mol. The molecule has 0 saturated carbocycles. The number of aryl methyl sites for hydroxylation is 1. The van der Waals surface area contributed by atoms with Crippen molar-refractivity contribution in [3.8, 4) is 0 Å². The first-order valence-corrected chi connectivity index (χ1v) is 7.81. The molecule has 1 aromatic rings. The first-order chi connectivity index (χ1) is 10.1. The number of piperidine rings is 1. The van der Waals surface area contributed by atoms with Gasteiger partial charge in [-0.15, -0.1) is 0 Å². The number of nitro groups is 1. The maximum Gasteiger partial charge on any atom is 0.295 e. The zero-order valence-corrected chi connectivity index (χ0v) is 13.0. The van der Waals surface area contributed by atoms with Crippen molar-refractivity contribution < 1.29 is 4.92 Å². The lowest BCUT2D eigenvalue weighted by Gasteiger charge is -2.33. The minimum atomic E-state index is -0.301. The molecule has 1 aliphatic heterocycles. The smallest absolute Gasteiger partial charge is 0.295 e. The van der Waals surface area contributed by atoms with Crippen LogP contribution in [0, 0.1) is 17.0 Å². The van der Waals surface area contributed by atoms with Gasteiger partial charge < -0.3 is 10.2 Å². The van der Waals surface area contributed by atoms with Gasteiger partial charge in [0.25, 0.3) is 5.69 Å². The number of hydrogen-bond acceptors (Lipinski definition) is 4. The van der Waals surface area contributed by atoms with Crippen LogP contribution in [0.3, 0.4) is 0 Å². The lowest BCUT2D eigenvalue weighted by atomic mass is 10.0. The Labute approximate surface area is 126 Å². The number of likely N-dealkylation sites (tertiary alicyclic amines) is 1.